The third-order valence-electron chi connectivity index (χ3n) is 6.30. The Bertz CT molecular complexity index is 1030. The van der Waals surface area contributed by atoms with Crippen LogP contribution in [0.4, 0.5) is 0 Å². The van der Waals surface area contributed by atoms with Crippen LogP contribution in [0.5, 0.6) is 0 Å². The van der Waals surface area contributed by atoms with Crippen LogP contribution in [-0.2, 0) is 11.3 Å². The van der Waals surface area contributed by atoms with E-state index < -0.39 is 0 Å². The van der Waals surface area contributed by atoms with Crippen molar-refractivity contribution in [2.24, 2.45) is 0 Å². The number of fused-ring (bicyclic) bond motifs is 1. The van der Waals surface area contributed by atoms with Crippen molar-refractivity contribution in [3.05, 3.63) is 107 Å². The van der Waals surface area contributed by atoms with Crippen molar-refractivity contribution in [2.45, 2.75) is 31.5 Å². The average molecular weight is 396 g/mol. The molecule has 3 aromatic carbocycles. The fraction of sp³-hybridized carbons (Fsp3) is 0.231. The molecular weight excluding hydrogens is 372 g/mol. The van der Waals surface area contributed by atoms with Crippen molar-refractivity contribution in [3.8, 4) is 0 Å². The van der Waals surface area contributed by atoms with Crippen molar-refractivity contribution in [2.75, 3.05) is 6.54 Å². The molecule has 1 unspecified atom stereocenters. The van der Waals surface area contributed by atoms with Gasteiger partial charge in [0.2, 0.25) is 5.91 Å². The molecule has 1 fully saturated rings. The predicted molar refractivity (Wildman–Crippen MR) is 116 cm³/mol. The van der Waals surface area contributed by atoms with E-state index >= 15 is 0 Å². The molecule has 1 saturated heterocycles. The molecule has 0 N–H and O–H groups in total. The number of benzene rings is 3. The van der Waals surface area contributed by atoms with Gasteiger partial charge in [-0.3, -0.25) is 9.59 Å². The number of likely N-dealkylation sites (tertiary alicyclic amines) is 1. The minimum atomic E-state index is -0.135. The van der Waals surface area contributed by atoms with E-state index in [-0.39, 0.29) is 23.9 Å². The summed E-state index contributed by atoms with van der Waals surface area (Å²) < 4.78 is 0. The molecule has 1 atom stereocenters. The lowest BCUT2D eigenvalue weighted by atomic mass is 9.87. The van der Waals surface area contributed by atoms with Gasteiger partial charge in [0.25, 0.3) is 5.91 Å². The number of hydrogen-bond donors (Lipinski definition) is 0. The Morgan fingerprint density at radius 2 is 1.47 bits per heavy atom. The quantitative estimate of drug-likeness (QED) is 0.640. The maximum atomic E-state index is 13.3. The Morgan fingerprint density at radius 1 is 0.867 bits per heavy atom. The number of carbonyl (C=O) groups is 2. The van der Waals surface area contributed by atoms with E-state index in [1.54, 1.807) is 0 Å². The summed E-state index contributed by atoms with van der Waals surface area (Å²) in [7, 11) is 0. The molecule has 4 nitrogen and oxygen atoms in total. The highest BCUT2D eigenvalue weighted by molar-refractivity contribution is 5.98. The molecular formula is C26H24N2O2. The van der Waals surface area contributed by atoms with E-state index in [4.69, 9.17) is 0 Å². The van der Waals surface area contributed by atoms with Gasteiger partial charge in [-0.05, 0) is 22.8 Å². The van der Waals surface area contributed by atoms with E-state index in [1.807, 2.05) is 70.5 Å². The molecule has 4 heteroatoms. The number of rotatable bonds is 5. The first-order chi connectivity index (χ1) is 14.7. The Balaban J connectivity index is 1.35. The van der Waals surface area contributed by atoms with Crippen LogP contribution in [0.1, 0.15) is 45.8 Å². The molecule has 2 heterocycles. The monoisotopic (exact) mass is 396 g/mol. The number of amides is 2. The van der Waals surface area contributed by atoms with Crippen LogP contribution in [0.3, 0.4) is 0 Å². The maximum absolute atomic E-state index is 13.3. The fourth-order valence-corrected chi connectivity index (χ4v) is 4.60. The summed E-state index contributed by atoms with van der Waals surface area (Å²) in [6, 6.07) is 28.1. The Labute approximate surface area is 176 Å². The standard InChI is InChI=1S/C26H24N2O2/c29-25(17-23(19-9-3-1-4-10-19)20-11-5-2-6-12-20)27-16-15-24(27)28-18-21-13-7-8-14-22(21)26(28)30/h1-14,23-24H,15-18H2. The molecule has 0 aliphatic carbocycles. The number of carbonyl (C=O) groups excluding carboxylic acids is 2. The van der Waals surface area contributed by atoms with Crippen molar-refractivity contribution in [3.63, 3.8) is 0 Å². The van der Waals surface area contributed by atoms with Gasteiger partial charge in [0.15, 0.2) is 0 Å². The molecule has 2 aliphatic heterocycles. The van der Waals surface area contributed by atoms with Crippen LogP contribution >= 0.6 is 0 Å². The Morgan fingerprint density at radius 3 is 2.03 bits per heavy atom. The fourth-order valence-electron chi connectivity index (χ4n) is 4.60. The second-order valence-electron chi connectivity index (χ2n) is 8.02. The molecule has 0 aromatic heterocycles. The molecule has 2 aliphatic rings. The maximum Gasteiger partial charge on any atom is 0.256 e. The Kier molecular flexibility index (Phi) is 4.83. The molecule has 0 bridgehead atoms. The first-order valence-corrected chi connectivity index (χ1v) is 10.5. The van der Waals surface area contributed by atoms with Crippen molar-refractivity contribution in [1.29, 1.82) is 0 Å². The Hall–Kier alpha value is -3.40. The summed E-state index contributed by atoms with van der Waals surface area (Å²) in [5.74, 6) is 0.149. The van der Waals surface area contributed by atoms with Crippen molar-refractivity contribution in [1.82, 2.24) is 9.80 Å². The highest BCUT2D eigenvalue weighted by Crippen LogP contribution is 2.34. The van der Waals surface area contributed by atoms with Crippen molar-refractivity contribution < 1.29 is 9.59 Å². The zero-order valence-electron chi connectivity index (χ0n) is 16.8. The summed E-state index contributed by atoms with van der Waals surface area (Å²) in [6.45, 7) is 1.30. The van der Waals surface area contributed by atoms with E-state index in [1.165, 1.54) is 0 Å². The third-order valence-corrected chi connectivity index (χ3v) is 6.30. The van der Waals surface area contributed by atoms with Crippen LogP contribution < -0.4 is 0 Å². The lowest BCUT2D eigenvalue weighted by molar-refractivity contribution is -0.145. The van der Waals surface area contributed by atoms with Gasteiger partial charge in [0, 0.05) is 37.4 Å². The molecule has 3 aromatic rings. The van der Waals surface area contributed by atoms with Gasteiger partial charge in [-0.15, -0.1) is 0 Å². The van der Waals surface area contributed by atoms with Gasteiger partial charge in [0.1, 0.15) is 6.17 Å². The van der Waals surface area contributed by atoms with Gasteiger partial charge in [-0.25, -0.2) is 0 Å². The second kappa shape index (κ2) is 7.79. The van der Waals surface area contributed by atoms with Gasteiger partial charge in [0.05, 0.1) is 0 Å². The second-order valence-corrected chi connectivity index (χ2v) is 8.02. The minimum Gasteiger partial charge on any atom is -0.322 e. The number of nitrogens with zero attached hydrogens (tertiary/aromatic N) is 2. The summed E-state index contributed by atoms with van der Waals surface area (Å²) in [5.41, 5.74) is 4.09. The molecule has 2 amide bonds. The van der Waals surface area contributed by atoms with E-state index in [9.17, 15) is 9.59 Å². The lowest BCUT2D eigenvalue weighted by Crippen LogP contribution is -2.59. The molecule has 150 valence electrons. The minimum absolute atomic E-state index is 0.00706. The molecule has 5 rings (SSSR count). The largest absolute Gasteiger partial charge is 0.322 e. The smallest absolute Gasteiger partial charge is 0.256 e. The molecule has 30 heavy (non-hydrogen) atoms. The predicted octanol–water partition coefficient (Wildman–Crippen LogP) is 4.42. The summed E-state index contributed by atoms with van der Waals surface area (Å²) in [4.78, 5) is 29.9. The summed E-state index contributed by atoms with van der Waals surface area (Å²) >= 11 is 0. The molecule has 0 radical (unpaired) electrons. The average Bonchev–Trinajstić information content (AvgIpc) is 3.09. The summed E-state index contributed by atoms with van der Waals surface area (Å²) in [5, 5.41) is 0. The highest BCUT2D eigenvalue weighted by Gasteiger charge is 2.42. The van der Waals surface area contributed by atoms with Crippen LogP contribution in [0, 0.1) is 0 Å². The number of hydrogen-bond acceptors (Lipinski definition) is 2. The molecule has 0 saturated carbocycles. The van der Waals surface area contributed by atoms with Gasteiger partial charge < -0.3 is 9.80 Å². The van der Waals surface area contributed by atoms with Crippen LogP contribution in [0.25, 0.3) is 0 Å². The topological polar surface area (TPSA) is 40.6 Å². The van der Waals surface area contributed by atoms with Crippen LogP contribution in [0.2, 0.25) is 0 Å². The SMILES string of the molecule is O=C(CC(c1ccccc1)c1ccccc1)N1CCC1N1Cc2ccccc2C1=O. The lowest BCUT2D eigenvalue weighted by Gasteiger charge is -2.46. The highest BCUT2D eigenvalue weighted by atomic mass is 16.2. The van der Waals surface area contributed by atoms with Crippen molar-refractivity contribution >= 4 is 11.8 Å². The zero-order valence-corrected chi connectivity index (χ0v) is 16.8. The first kappa shape index (κ1) is 18.6. The van der Waals surface area contributed by atoms with Crippen LogP contribution in [-0.4, -0.2) is 34.3 Å². The summed E-state index contributed by atoms with van der Waals surface area (Å²) in [6.07, 6.45) is 1.11. The molecule has 0 spiro atoms. The van der Waals surface area contributed by atoms with Gasteiger partial charge in [-0.2, -0.15) is 0 Å². The normalized spacial score (nSPS) is 17.8. The van der Waals surface area contributed by atoms with Gasteiger partial charge in [-0.1, -0.05) is 78.9 Å². The van der Waals surface area contributed by atoms with Crippen LogP contribution in [0.15, 0.2) is 84.9 Å². The third kappa shape index (κ3) is 3.28. The van der Waals surface area contributed by atoms with Gasteiger partial charge >= 0.3 is 0 Å². The van der Waals surface area contributed by atoms with E-state index in [0.717, 1.165) is 28.7 Å². The van der Waals surface area contributed by atoms with E-state index in [2.05, 4.69) is 24.3 Å². The zero-order chi connectivity index (χ0) is 20.5. The first-order valence-electron chi connectivity index (χ1n) is 10.5. The van der Waals surface area contributed by atoms with E-state index in [0.29, 0.717) is 19.5 Å².